The van der Waals surface area contributed by atoms with E-state index in [1.807, 2.05) is 0 Å². The van der Waals surface area contributed by atoms with Gasteiger partial charge in [0.1, 0.15) is 17.2 Å². The van der Waals surface area contributed by atoms with Crippen LogP contribution in [0.4, 0.5) is 10.2 Å². The fourth-order valence-electron chi connectivity index (χ4n) is 4.65. The van der Waals surface area contributed by atoms with E-state index in [9.17, 15) is 17.6 Å². The van der Waals surface area contributed by atoms with Gasteiger partial charge in [-0.2, -0.15) is 14.1 Å². The third kappa shape index (κ3) is 4.65. The van der Waals surface area contributed by atoms with Crippen molar-refractivity contribution in [2.75, 3.05) is 18.4 Å². The van der Waals surface area contributed by atoms with Crippen LogP contribution in [0.5, 0.6) is 0 Å². The molecular formula is C25H26FN5O3S2. The summed E-state index contributed by atoms with van der Waals surface area (Å²) in [5.74, 6) is 0.133. The molecule has 188 valence electrons. The van der Waals surface area contributed by atoms with Gasteiger partial charge in [0.2, 0.25) is 15.2 Å². The van der Waals surface area contributed by atoms with Crippen molar-refractivity contribution in [3.05, 3.63) is 65.6 Å². The Morgan fingerprint density at radius 1 is 1.11 bits per heavy atom. The fourth-order valence-corrected chi connectivity index (χ4v) is 7.27. The van der Waals surface area contributed by atoms with Crippen LogP contribution >= 0.6 is 11.3 Å². The number of amides is 1. The largest absolute Gasteiger partial charge is 0.306 e. The van der Waals surface area contributed by atoms with Gasteiger partial charge in [0.05, 0.1) is 15.3 Å². The van der Waals surface area contributed by atoms with Crippen LogP contribution < -0.4 is 5.32 Å². The van der Waals surface area contributed by atoms with E-state index in [1.165, 1.54) is 50.7 Å². The van der Waals surface area contributed by atoms with Crippen LogP contribution in [0.3, 0.4) is 0 Å². The quantitative estimate of drug-likeness (QED) is 0.400. The van der Waals surface area contributed by atoms with Crippen molar-refractivity contribution in [3.63, 3.8) is 0 Å². The van der Waals surface area contributed by atoms with E-state index >= 15 is 0 Å². The Morgan fingerprint density at radius 2 is 1.81 bits per heavy atom. The number of piperidine rings is 1. The van der Waals surface area contributed by atoms with E-state index in [4.69, 9.17) is 0 Å². The van der Waals surface area contributed by atoms with Gasteiger partial charge >= 0.3 is 0 Å². The average Bonchev–Trinajstić information content (AvgIpc) is 3.42. The number of thiazole rings is 1. The first kappa shape index (κ1) is 24.5. The molecule has 2 aromatic carbocycles. The van der Waals surface area contributed by atoms with Gasteiger partial charge in [0.25, 0.3) is 5.91 Å². The molecule has 0 saturated carbocycles. The lowest BCUT2D eigenvalue weighted by atomic mass is 9.94. The standard InChI is InChI=1S/C25H26FN5O3S2/c1-15-11-16(2)14-30(13-15)36(33,34)19-9-7-18(8-10-19)24(32)27-22-12-17(3)29-31(22)25-28-23-20(26)5-4-6-21(23)35-25/h4-10,12,15-16H,11,13-14H2,1-3H3,(H,27,32). The molecule has 11 heteroatoms. The van der Waals surface area contributed by atoms with Gasteiger partial charge in [-0.05, 0) is 61.6 Å². The highest BCUT2D eigenvalue weighted by Crippen LogP contribution is 2.29. The van der Waals surface area contributed by atoms with Gasteiger partial charge in [-0.25, -0.2) is 17.8 Å². The van der Waals surface area contributed by atoms with Gasteiger partial charge in [-0.1, -0.05) is 31.3 Å². The van der Waals surface area contributed by atoms with Crippen LogP contribution in [0, 0.1) is 24.6 Å². The lowest BCUT2D eigenvalue weighted by Crippen LogP contribution is -2.42. The van der Waals surface area contributed by atoms with Crippen LogP contribution in [0.15, 0.2) is 53.4 Å². The van der Waals surface area contributed by atoms with Gasteiger partial charge in [0, 0.05) is 24.7 Å². The van der Waals surface area contributed by atoms with Crippen molar-refractivity contribution in [1.82, 2.24) is 19.1 Å². The minimum Gasteiger partial charge on any atom is -0.306 e. The van der Waals surface area contributed by atoms with Crippen molar-refractivity contribution in [2.45, 2.75) is 32.1 Å². The Kier molecular flexibility index (Phi) is 6.39. The molecule has 1 aliphatic rings. The molecule has 2 unspecified atom stereocenters. The molecule has 1 N–H and O–H groups in total. The number of sulfonamides is 1. The molecule has 5 rings (SSSR count). The summed E-state index contributed by atoms with van der Waals surface area (Å²) in [7, 11) is -3.64. The number of hydrogen-bond acceptors (Lipinski definition) is 6. The normalized spacial score (nSPS) is 19.0. The molecule has 0 aliphatic carbocycles. The lowest BCUT2D eigenvalue weighted by molar-refractivity contribution is 0.102. The van der Waals surface area contributed by atoms with Crippen LogP contribution in [0.25, 0.3) is 15.3 Å². The molecule has 1 fully saturated rings. The number of carbonyl (C=O) groups is 1. The number of fused-ring (bicyclic) bond motifs is 1. The topological polar surface area (TPSA) is 97.2 Å². The number of hydrogen-bond donors (Lipinski definition) is 1. The molecule has 36 heavy (non-hydrogen) atoms. The van der Waals surface area contributed by atoms with E-state index in [-0.39, 0.29) is 10.4 Å². The number of anilines is 1. The third-order valence-electron chi connectivity index (χ3n) is 6.20. The van der Waals surface area contributed by atoms with Gasteiger partial charge in [-0.15, -0.1) is 0 Å². The number of benzene rings is 2. The zero-order valence-corrected chi connectivity index (χ0v) is 21.7. The fraction of sp³-hybridized carbons (Fsp3) is 0.320. The minimum absolute atomic E-state index is 0.165. The lowest BCUT2D eigenvalue weighted by Gasteiger charge is -2.34. The maximum absolute atomic E-state index is 14.1. The molecule has 2 atom stereocenters. The Bertz CT molecular complexity index is 1540. The maximum atomic E-state index is 14.1. The number of nitrogens with one attached hydrogen (secondary N) is 1. The maximum Gasteiger partial charge on any atom is 0.256 e. The summed E-state index contributed by atoms with van der Waals surface area (Å²) in [5, 5.41) is 7.64. The highest BCUT2D eigenvalue weighted by Gasteiger charge is 2.31. The van der Waals surface area contributed by atoms with Crippen molar-refractivity contribution in [2.24, 2.45) is 11.8 Å². The van der Waals surface area contributed by atoms with Crippen molar-refractivity contribution in [1.29, 1.82) is 0 Å². The summed E-state index contributed by atoms with van der Waals surface area (Å²) in [6.07, 6.45) is 1.01. The van der Waals surface area contributed by atoms with Gasteiger partial charge < -0.3 is 5.32 Å². The molecule has 0 spiro atoms. The molecule has 1 amide bonds. The molecule has 1 saturated heterocycles. The second-order valence-corrected chi connectivity index (χ2v) is 12.4. The molecular weight excluding hydrogens is 501 g/mol. The number of nitrogens with zero attached hydrogens (tertiary/aromatic N) is 4. The van der Waals surface area contributed by atoms with E-state index in [2.05, 4.69) is 29.2 Å². The van der Waals surface area contributed by atoms with E-state index < -0.39 is 21.7 Å². The zero-order chi connectivity index (χ0) is 25.6. The van der Waals surface area contributed by atoms with E-state index in [0.717, 1.165) is 6.42 Å². The van der Waals surface area contributed by atoms with Crippen LogP contribution in [-0.2, 0) is 10.0 Å². The highest BCUT2D eigenvalue weighted by molar-refractivity contribution is 7.89. The summed E-state index contributed by atoms with van der Waals surface area (Å²) < 4.78 is 44.1. The van der Waals surface area contributed by atoms with Crippen LogP contribution in [-0.4, -0.2) is 46.5 Å². The van der Waals surface area contributed by atoms with E-state index in [0.29, 0.717) is 51.8 Å². The number of halogens is 1. The predicted octanol–water partition coefficient (Wildman–Crippen LogP) is 4.85. The highest BCUT2D eigenvalue weighted by atomic mass is 32.2. The molecule has 8 nitrogen and oxygen atoms in total. The molecule has 2 aromatic heterocycles. The van der Waals surface area contributed by atoms with E-state index in [1.54, 1.807) is 25.1 Å². The van der Waals surface area contributed by atoms with Gasteiger partial charge in [-0.3, -0.25) is 4.79 Å². The first-order valence-electron chi connectivity index (χ1n) is 11.7. The summed E-state index contributed by atoms with van der Waals surface area (Å²) in [4.78, 5) is 17.5. The minimum atomic E-state index is -3.64. The Balaban J connectivity index is 1.37. The number of carbonyl (C=O) groups excluding carboxylic acids is 1. The first-order chi connectivity index (χ1) is 17.1. The second-order valence-electron chi connectivity index (χ2n) is 9.41. The number of rotatable bonds is 5. The summed E-state index contributed by atoms with van der Waals surface area (Å²) in [6, 6.07) is 12.4. The molecule has 0 bridgehead atoms. The number of aryl methyl sites for hydroxylation is 1. The van der Waals surface area contributed by atoms with Crippen molar-refractivity contribution >= 4 is 43.3 Å². The average molecular weight is 528 g/mol. The molecule has 0 radical (unpaired) electrons. The number of para-hydroxylation sites is 1. The smallest absolute Gasteiger partial charge is 0.256 e. The third-order valence-corrected chi connectivity index (χ3v) is 9.04. The monoisotopic (exact) mass is 527 g/mol. The summed E-state index contributed by atoms with van der Waals surface area (Å²) >= 11 is 1.26. The second kappa shape index (κ2) is 9.38. The zero-order valence-electron chi connectivity index (χ0n) is 20.1. The van der Waals surface area contributed by atoms with Crippen molar-refractivity contribution < 1.29 is 17.6 Å². The Hall–Kier alpha value is -3.15. The van der Waals surface area contributed by atoms with Crippen molar-refractivity contribution in [3.8, 4) is 5.13 Å². The van der Waals surface area contributed by atoms with Crippen LogP contribution in [0.2, 0.25) is 0 Å². The molecule has 3 heterocycles. The Labute approximate surface area is 212 Å². The molecule has 1 aliphatic heterocycles. The first-order valence-corrected chi connectivity index (χ1v) is 13.9. The number of aromatic nitrogens is 3. The summed E-state index contributed by atoms with van der Waals surface area (Å²) in [5.41, 5.74) is 1.20. The van der Waals surface area contributed by atoms with Gasteiger partial charge in [0.15, 0.2) is 0 Å². The summed E-state index contributed by atoms with van der Waals surface area (Å²) in [6.45, 7) is 6.88. The molecule has 4 aromatic rings. The SMILES string of the molecule is Cc1cc(NC(=O)c2ccc(S(=O)(=O)N3CC(C)CC(C)C3)cc2)n(-c2nc3c(F)cccc3s2)n1. The van der Waals surface area contributed by atoms with Crippen LogP contribution in [0.1, 0.15) is 36.3 Å². The predicted molar refractivity (Wildman–Crippen MR) is 138 cm³/mol. The Morgan fingerprint density at radius 3 is 2.47 bits per heavy atom.